The summed E-state index contributed by atoms with van der Waals surface area (Å²) in [6.07, 6.45) is 8.09. The number of aliphatic hydroxyl groups excluding tert-OH is 1. The highest BCUT2D eigenvalue weighted by molar-refractivity contribution is 5.69. The van der Waals surface area contributed by atoms with Crippen LogP contribution in [0.5, 0.6) is 0 Å². The second kappa shape index (κ2) is 10.5. The molecule has 4 aliphatic heterocycles. The molecular weight excluding hydrogens is 620 g/mol. The maximum absolute atomic E-state index is 13.3. The van der Waals surface area contributed by atoms with Gasteiger partial charge < -0.3 is 33.9 Å². The second-order valence-corrected chi connectivity index (χ2v) is 20.2. The lowest BCUT2D eigenvalue weighted by Crippen LogP contribution is -2.67. The van der Waals surface area contributed by atoms with Crippen LogP contribution in [0.15, 0.2) is 0 Å². The first-order chi connectivity index (χ1) is 23.1. The molecular formula is C40H62N2O7. The average molecular weight is 683 g/mol. The molecule has 49 heavy (non-hydrogen) atoms. The number of nitrogens with zero attached hydrogens (tertiary/aromatic N) is 2. The molecule has 4 saturated heterocycles. The number of fused-ring (bicyclic) bond motifs is 4. The molecule has 5 aliphatic carbocycles. The van der Waals surface area contributed by atoms with E-state index in [1.807, 2.05) is 4.90 Å². The maximum atomic E-state index is 13.3. The molecule has 5 saturated carbocycles. The van der Waals surface area contributed by atoms with Gasteiger partial charge in [0, 0.05) is 37.0 Å². The molecule has 13 atom stereocenters. The quantitative estimate of drug-likeness (QED) is 0.362. The standard InChI is InChI=1S/C40H62N2O7/c1-23(2)30(49-33(44)41-15-8-16-41)25-17-24(3)29-31(47-25)32(43)37(7)27-10-9-26-35(4,5)28(48-34(45)42-19-38(20-42)21-46-22-38)11-12-39(26)18-40(27,39)14-13-36(29,37)6/h23-32,43H,8-22H2,1-7H3/t24-,25?,26+,27?,28?,29+,30?,31?,32+,36?,37-,39?,40?/m1/s1. The maximum Gasteiger partial charge on any atom is 0.410 e. The highest BCUT2D eigenvalue weighted by atomic mass is 16.6. The Morgan fingerprint density at radius 3 is 2.22 bits per heavy atom. The van der Waals surface area contributed by atoms with Crippen molar-refractivity contribution in [3.8, 4) is 0 Å². The van der Waals surface area contributed by atoms with E-state index in [-0.39, 0.29) is 80.9 Å². The van der Waals surface area contributed by atoms with Crippen LogP contribution in [0.4, 0.5) is 9.59 Å². The van der Waals surface area contributed by atoms with Crippen molar-refractivity contribution in [3.05, 3.63) is 0 Å². The number of carbonyl (C=O) groups excluding carboxylic acids is 2. The molecule has 0 aromatic rings. The Kier molecular flexibility index (Phi) is 7.14. The molecule has 9 nitrogen and oxygen atoms in total. The van der Waals surface area contributed by atoms with Crippen LogP contribution < -0.4 is 0 Å². The predicted molar refractivity (Wildman–Crippen MR) is 182 cm³/mol. The van der Waals surface area contributed by atoms with Gasteiger partial charge in [-0.2, -0.15) is 0 Å². The van der Waals surface area contributed by atoms with E-state index in [0.29, 0.717) is 17.8 Å². The van der Waals surface area contributed by atoms with Gasteiger partial charge in [-0.3, -0.25) is 0 Å². The molecule has 9 aliphatic rings. The van der Waals surface area contributed by atoms with Crippen LogP contribution in [0.25, 0.3) is 0 Å². The Morgan fingerprint density at radius 1 is 0.898 bits per heavy atom. The summed E-state index contributed by atoms with van der Waals surface area (Å²) < 4.78 is 25.0. The molecule has 4 heterocycles. The van der Waals surface area contributed by atoms with Crippen LogP contribution in [0.3, 0.4) is 0 Å². The van der Waals surface area contributed by atoms with Gasteiger partial charge in [-0.05, 0) is 104 Å². The summed E-state index contributed by atoms with van der Waals surface area (Å²) in [4.78, 5) is 29.9. The van der Waals surface area contributed by atoms with Gasteiger partial charge in [0.25, 0.3) is 0 Å². The van der Waals surface area contributed by atoms with Crippen molar-refractivity contribution in [2.45, 2.75) is 137 Å². The zero-order valence-electron chi connectivity index (χ0n) is 31.2. The Bertz CT molecular complexity index is 1390. The lowest BCUT2D eigenvalue weighted by Gasteiger charge is -2.63. The van der Waals surface area contributed by atoms with Crippen LogP contribution >= 0.6 is 0 Å². The molecule has 1 N–H and O–H groups in total. The molecule has 3 spiro atoms. The minimum atomic E-state index is -0.547. The summed E-state index contributed by atoms with van der Waals surface area (Å²) in [7, 11) is 0. The fraction of sp³-hybridized carbons (Fsp3) is 0.950. The molecule has 0 aromatic carbocycles. The van der Waals surface area contributed by atoms with Gasteiger partial charge in [0.2, 0.25) is 0 Å². The Labute approximate surface area is 293 Å². The summed E-state index contributed by atoms with van der Waals surface area (Å²) in [6.45, 7) is 20.9. The van der Waals surface area contributed by atoms with Gasteiger partial charge >= 0.3 is 12.2 Å². The van der Waals surface area contributed by atoms with Crippen LogP contribution in [-0.2, 0) is 18.9 Å². The summed E-state index contributed by atoms with van der Waals surface area (Å²) in [5.74, 6) is 1.76. The average Bonchev–Trinajstić information content (AvgIpc) is 3.59. The lowest BCUT2D eigenvalue weighted by molar-refractivity contribution is -0.194. The Hall–Kier alpha value is -1.58. The van der Waals surface area contributed by atoms with E-state index < -0.39 is 6.10 Å². The summed E-state index contributed by atoms with van der Waals surface area (Å²) in [6, 6.07) is 0. The normalized spacial score (nSPS) is 50.3. The van der Waals surface area contributed by atoms with E-state index in [1.54, 1.807) is 4.90 Å². The van der Waals surface area contributed by atoms with Gasteiger partial charge in [-0.1, -0.05) is 48.5 Å². The van der Waals surface area contributed by atoms with E-state index >= 15 is 0 Å². The van der Waals surface area contributed by atoms with Crippen molar-refractivity contribution in [1.82, 2.24) is 9.80 Å². The largest absolute Gasteiger partial charge is 0.446 e. The van der Waals surface area contributed by atoms with Gasteiger partial charge in [0.05, 0.1) is 36.9 Å². The number of likely N-dealkylation sites (tertiary alicyclic amines) is 2. The van der Waals surface area contributed by atoms with Crippen molar-refractivity contribution in [1.29, 1.82) is 0 Å². The Balaban J connectivity index is 0.938. The van der Waals surface area contributed by atoms with Crippen molar-refractivity contribution in [3.63, 3.8) is 0 Å². The molecule has 9 rings (SSSR count). The van der Waals surface area contributed by atoms with Crippen molar-refractivity contribution < 1.29 is 33.6 Å². The van der Waals surface area contributed by atoms with Crippen molar-refractivity contribution in [2.24, 2.45) is 62.1 Å². The van der Waals surface area contributed by atoms with Crippen LogP contribution in [-0.4, -0.2) is 97.0 Å². The highest BCUT2D eigenvalue weighted by Crippen LogP contribution is 2.89. The minimum Gasteiger partial charge on any atom is -0.446 e. The molecule has 0 aromatic heterocycles. The smallest absolute Gasteiger partial charge is 0.410 e. The summed E-state index contributed by atoms with van der Waals surface area (Å²) in [5, 5.41) is 12.7. The fourth-order valence-corrected chi connectivity index (χ4v) is 14.7. The topological polar surface area (TPSA) is 97.8 Å². The number of amides is 2. The van der Waals surface area contributed by atoms with E-state index in [1.165, 1.54) is 12.8 Å². The van der Waals surface area contributed by atoms with Gasteiger partial charge in [-0.25, -0.2) is 9.59 Å². The van der Waals surface area contributed by atoms with Gasteiger partial charge in [0.15, 0.2) is 0 Å². The monoisotopic (exact) mass is 682 g/mol. The fourth-order valence-electron chi connectivity index (χ4n) is 14.7. The van der Waals surface area contributed by atoms with E-state index in [9.17, 15) is 14.7 Å². The second-order valence-electron chi connectivity index (χ2n) is 20.2. The third kappa shape index (κ3) is 4.16. The molecule has 2 amide bonds. The van der Waals surface area contributed by atoms with Gasteiger partial charge in [-0.15, -0.1) is 0 Å². The van der Waals surface area contributed by atoms with Crippen molar-refractivity contribution >= 4 is 12.2 Å². The van der Waals surface area contributed by atoms with Crippen molar-refractivity contribution in [2.75, 3.05) is 39.4 Å². The number of carbonyl (C=O) groups is 2. The third-order valence-corrected chi connectivity index (χ3v) is 17.5. The van der Waals surface area contributed by atoms with E-state index in [0.717, 1.165) is 84.3 Å². The minimum absolute atomic E-state index is 0.0159. The molecule has 9 fully saturated rings. The first-order valence-electron chi connectivity index (χ1n) is 19.9. The SMILES string of the molecule is CC(C)C(OC(=O)N1CCC1)C1C[C@@H](C)[C@H]2C(O1)[C@H](O)[C@@]1(C)C3CC[C@H]4C(C)(C)C(OC(=O)N5CC6(COC6)C5)CCC45CC35CCC21C. The number of hydrogen-bond donors (Lipinski definition) is 1. The zero-order valence-corrected chi connectivity index (χ0v) is 31.2. The van der Waals surface area contributed by atoms with Crippen LogP contribution in [0, 0.1) is 62.1 Å². The van der Waals surface area contributed by atoms with E-state index in [2.05, 4.69) is 48.5 Å². The molecule has 274 valence electrons. The zero-order chi connectivity index (χ0) is 34.5. The molecule has 0 radical (unpaired) electrons. The first-order valence-corrected chi connectivity index (χ1v) is 19.9. The first kappa shape index (κ1) is 33.3. The number of rotatable bonds is 4. The third-order valence-electron chi connectivity index (χ3n) is 17.5. The number of hydrogen-bond acceptors (Lipinski definition) is 7. The lowest BCUT2D eigenvalue weighted by atomic mass is 9.41. The number of aliphatic hydroxyl groups is 1. The number of ether oxygens (including phenoxy) is 4. The Morgan fingerprint density at radius 2 is 1.59 bits per heavy atom. The van der Waals surface area contributed by atoms with Gasteiger partial charge in [0.1, 0.15) is 12.2 Å². The molecule has 0 bridgehead atoms. The molecule has 9 heteroatoms. The highest BCUT2D eigenvalue weighted by Gasteiger charge is 2.85. The summed E-state index contributed by atoms with van der Waals surface area (Å²) >= 11 is 0. The summed E-state index contributed by atoms with van der Waals surface area (Å²) in [5.41, 5.74) is 0.364. The van der Waals surface area contributed by atoms with Crippen LogP contribution in [0.2, 0.25) is 0 Å². The van der Waals surface area contributed by atoms with E-state index in [4.69, 9.17) is 18.9 Å². The van der Waals surface area contributed by atoms with Crippen LogP contribution in [0.1, 0.15) is 106 Å². The molecule has 8 unspecified atom stereocenters. The predicted octanol–water partition coefficient (Wildman–Crippen LogP) is 6.50.